The second kappa shape index (κ2) is 4.55. The summed E-state index contributed by atoms with van der Waals surface area (Å²) in [5.74, 6) is -0.0728. The molecule has 2 aromatic rings. The van der Waals surface area contributed by atoms with Gasteiger partial charge in [0.2, 0.25) is 0 Å². The van der Waals surface area contributed by atoms with Gasteiger partial charge in [0, 0.05) is 31.3 Å². The van der Waals surface area contributed by atoms with Gasteiger partial charge in [-0.2, -0.15) is 5.10 Å². The molecule has 1 atom stereocenters. The molecule has 19 heavy (non-hydrogen) atoms. The van der Waals surface area contributed by atoms with Gasteiger partial charge in [0.25, 0.3) is 5.91 Å². The fraction of sp³-hybridized carbons (Fsp3) is 0.385. The molecule has 0 spiro atoms. The van der Waals surface area contributed by atoms with Crippen molar-refractivity contribution in [3.63, 3.8) is 0 Å². The molecular formula is C13H16N4O2. The minimum absolute atomic E-state index is 0.0728. The third-order valence-corrected chi connectivity index (χ3v) is 3.56. The van der Waals surface area contributed by atoms with Crippen molar-refractivity contribution < 1.29 is 9.53 Å². The van der Waals surface area contributed by atoms with Crippen LogP contribution in [0.3, 0.4) is 0 Å². The lowest BCUT2D eigenvalue weighted by Gasteiger charge is -2.14. The summed E-state index contributed by atoms with van der Waals surface area (Å²) in [7, 11) is 1.67. The summed E-state index contributed by atoms with van der Waals surface area (Å²) in [5.41, 5.74) is 7.64. The van der Waals surface area contributed by atoms with Gasteiger partial charge in [-0.3, -0.25) is 9.89 Å². The number of carbonyl (C=O) groups excluding carboxylic acids is 1. The van der Waals surface area contributed by atoms with Crippen molar-refractivity contribution in [2.75, 3.05) is 25.9 Å². The van der Waals surface area contributed by atoms with E-state index in [0.29, 0.717) is 24.5 Å². The maximum atomic E-state index is 12.4. The SMILES string of the molecule is COC1CCN(C(=O)c2n[nH]c3ccc(N)cc23)C1. The summed E-state index contributed by atoms with van der Waals surface area (Å²) in [6.07, 6.45) is 0.992. The van der Waals surface area contributed by atoms with Crippen LogP contribution in [0.1, 0.15) is 16.9 Å². The average Bonchev–Trinajstić information content (AvgIpc) is 3.04. The van der Waals surface area contributed by atoms with Crippen LogP contribution < -0.4 is 5.73 Å². The van der Waals surface area contributed by atoms with Crippen molar-refractivity contribution in [1.29, 1.82) is 0 Å². The number of anilines is 1. The van der Waals surface area contributed by atoms with Crippen LogP contribution >= 0.6 is 0 Å². The number of hydrogen-bond acceptors (Lipinski definition) is 4. The van der Waals surface area contributed by atoms with E-state index in [1.54, 1.807) is 24.1 Å². The predicted molar refractivity (Wildman–Crippen MR) is 71.8 cm³/mol. The van der Waals surface area contributed by atoms with Crippen LogP contribution in [-0.2, 0) is 4.74 Å². The van der Waals surface area contributed by atoms with E-state index in [4.69, 9.17) is 10.5 Å². The lowest BCUT2D eigenvalue weighted by atomic mass is 10.2. The van der Waals surface area contributed by atoms with Crippen molar-refractivity contribution in [1.82, 2.24) is 15.1 Å². The number of rotatable bonds is 2. The number of likely N-dealkylation sites (tertiary alicyclic amines) is 1. The maximum Gasteiger partial charge on any atom is 0.275 e. The molecule has 1 fully saturated rings. The van der Waals surface area contributed by atoms with E-state index in [2.05, 4.69) is 10.2 Å². The monoisotopic (exact) mass is 260 g/mol. The molecule has 1 aliphatic heterocycles. The number of H-pyrrole nitrogens is 1. The highest BCUT2D eigenvalue weighted by atomic mass is 16.5. The highest BCUT2D eigenvalue weighted by Crippen LogP contribution is 2.22. The topological polar surface area (TPSA) is 84.2 Å². The molecule has 6 heteroatoms. The molecule has 0 aliphatic carbocycles. The molecule has 1 aliphatic rings. The number of hydrogen-bond donors (Lipinski definition) is 2. The lowest BCUT2D eigenvalue weighted by Crippen LogP contribution is -2.30. The quantitative estimate of drug-likeness (QED) is 0.789. The molecule has 1 amide bonds. The largest absolute Gasteiger partial charge is 0.399 e. The van der Waals surface area contributed by atoms with Gasteiger partial charge < -0.3 is 15.4 Å². The van der Waals surface area contributed by atoms with E-state index in [1.165, 1.54) is 0 Å². The first-order valence-electron chi connectivity index (χ1n) is 6.24. The zero-order valence-electron chi connectivity index (χ0n) is 10.7. The van der Waals surface area contributed by atoms with E-state index < -0.39 is 0 Å². The first-order chi connectivity index (χ1) is 9.19. The van der Waals surface area contributed by atoms with Crippen LogP contribution in [0.5, 0.6) is 0 Å². The molecule has 0 radical (unpaired) electrons. The van der Waals surface area contributed by atoms with Gasteiger partial charge in [0.15, 0.2) is 5.69 Å². The molecule has 2 heterocycles. The van der Waals surface area contributed by atoms with Crippen LogP contribution in [0.15, 0.2) is 18.2 Å². The van der Waals surface area contributed by atoms with Crippen LogP contribution in [0.25, 0.3) is 10.9 Å². The minimum atomic E-state index is -0.0728. The lowest BCUT2D eigenvalue weighted by molar-refractivity contribution is 0.0720. The maximum absolute atomic E-state index is 12.4. The molecule has 3 N–H and O–H groups in total. The molecule has 100 valence electrons. The van der Waals surface area contributed by atoms with Crippen molar-refractivity contribution >= 4 is 22.5 Å². The Balaban J connectivity index is 1.92. The summed E-state index contributed by atoms with van der Waals surface area (Å²) in [6, 6.07) is 5.39. The van der Waals surface area contributed by atoms with Gasteiger partial charge in [-0.1, -0.05) is 0 Å². The zero-order valence-corrected chi connectivity index (χ0v) is 10.7. The summed E-state index contributed by atoms with van der Waals surface area (Å²) < 4.78 is 5.27. The van der Waals surface area contributed by atoms with Gasteiger partial charge in [-0.15, -0.1) is 0 Å². The Kier molecular flexibility index (Phi) is 2.87. The number of aromatic nitrogens is 2. The molecule has 3 rings (SSSR count). The third-order valence-electron chi connectivity index (χ3n) is 3.56. The zero-order chi connectivity index (χ0) is 13.4. The van der Waals surface area contributed by atoms with E-state index in [-0.39, 0.29) is 12.0 Å². The fourth-order valence-corrected chi connectivity index (χ4v) is 2.45. The molecule has 1 unspecified atom stereocenters. The van der Waals surface area contributed by atoms with Crippen LogP contribution in [0, 0.1) is 0 Å². The highest BCUT2D eigenvalue weighted by Gasteiger charge is 2.29. The van der Waals surface area contributed by atoms with E-state index in [1.807, 2.05) is 6.07 Å². The Hall–Kier alpha value is -2.08. The first-order valence-corrected chi connectivity index (χ1v) is 6.24. The Morgan fingerprint density at radius 3 is 3.16 bits per heavy atom. The van der Waals surface area contributed by atoms with Gasteiger partial charge in [0.05, 0.1) is 11.6 Å². The number of nitrogens with zero attached hydrogens (tertiary/aromatic N) is 2. The second-order valence-electron chi connectivity index (χ2n) is 4.77. The van der Waals surface area contributed by atoms with Gasteiger partial charge >= 0.3 is 0 Å². The van der Waals surface area contributed by atoms with Gasteiger partial charge in [-0.05, 0) is 24.6 Å². The summed E-state index contributed by atoms with van der Waals surface area (Å²) in [5, 5.41) is 7.75. The van der Waals surface area contributed by atoms with Crippen molar-refractivity contribution in [3.05, 3.63) is 23.9 Å². The number of nitrogens with one attached hydrogen (secondary N) is 1. The number of methoxy groups -OCH3 is 1. The Morgan fingerprint density at radius 2 is 2.42 bits per heavy atom. The van der Waals surface area contributed by atoms with Gasteiger partial charge in [0.1, 0.15) is 0 Å². The molecule has 0 bridgehead atoms. The van der Waals surface area contributed by atoms with Gasteiger partial charge in [-0.25, -0.2) is 0 Å². The fourth-order valence-electron chi connectivity index (χ4n) is 2.45. The number of nitrogen functional groups attached to an aromatic ring is 1. The standard InChI is InChI=1S/C13H16N4O2/c1-19-9-4-5-17(7-9)13(18)12-10-6-8(14)2-3-11(10)15-16-12/h2-3,6,9H,4-5,7,14H2,1H3,(H,15,16). The average molecular weight is 260 g/mol. The van der Waals surface area contributed by atoms with E-state index in [9.17, 15) is 4.79 Å². The van der Waals surface area contributed by atoms with Crippen LogP contribution in [0.2, 0.25) is 0 Å². The molecule has 6 nitrogen and oxygen atoms in total. The molecule has 1 saturated heterocycles. The van der Waals surface area contributed by atoms with Crippen molar-refractivity contribution in [3.8, 4) is 0 Å². The number of carbonyl (C=O) groups is 1. The minimum Gasteiger partial charge on any atom is -0.399 e. The Morgan fingerprint density at radius 1 is 1.58 bits per heavy atom. The predicted octanol–water partition coefficient (Wildman–Crippen LogP) is 1.01. The highest BCUT2D eigenvalue weighted by molar-refractivity contribution is 6.05. The van der Waals surface area contributed by atoms with E-state index >= 15 is 0 Å². The normalized spacial score (nSPS) is 19.2. The van der Waals surface area contributed by atoms with Crippen LogP contribution in [-0.4, -0.2) is 47.3 Å². The van der Waals surface area contributed by atoms with Crippen molar-refractivity contribution in [2.24, 2.45) is 0 Å². The molecule has 0 saturated carbocycles. The van der Waals surface area contributed by atoms with Crippen LogP contribution in [0.4, 0.5) is 5.69 Å². The first kappa shape index (κ1) is 12.0. The summed E-state index contributed by atoms with van der Waals surface area (Å²) in [4.78, 5) is 14.2. The van der Waals surface area contributed by atoms with E-state index in [0.717, 1.165) is 17.3 Å². The number of ether oxygens (including phenoxy) is 1. The number of nitrogens with two attached hydrogens (primary N) is 1. The molecule has 1 aromatic carbocycles. The number of amides is 1. The number of benzene rings is 1. The second-order valence-corrected chi connectivity index (χ2v) is 4.77. The number of aromatic amines is 1. The molecule has 1 aromatic heterocycles. The Labute approximate surface area is 110 Å². The smallest absolute Gasteiger partial charge is 0.275 e. The summed E-state index contributed by atoms with van der Waals surface area (Å²) >= 11 is 0. The Bertz CT molecular complexity index is 622. The summed E-state index contributed by atoms with van der Waals surface area (Å²) in [6.45, 7) is 1.32. The number of fused-ring (bicyclic) bond motifs is 1. The third kappa shape index (κ3) is 2.04. The molecular weight excluding hydrogens is 244 g/mol. The van der Waals surface area contributed by atoms with Crippen molar-refractivity contribution in [2.45, 2.75) is 12.5 Å².